The van der Waals surface area contributed by atoms with Crippen LogP contribution in [0.1, 0.15) is 36.8 Å². The quantitative estimate of drug-likeness (QED) is 0.347. The van der Waals surface area contributed by atoms with Gasteiger partial charge in [0.1, 0.15) is 6.42 Å². The second-order valence-electron chi connectivity index (χ2n) is 10.3. The van der Waals surface area contributed by atoms with E-state index >= 15 is 0 Å². The number of nitrogens with zero attached hydrogens (tertiary/aromatic N) is 6. The van der Waals surface area contributed by atoms with Crippen LogP contribution in [0.25, 0.3) is 28.2 Å². The molecule has 2 aliphatic rings. The van der Waals surface area contributed by atoms with E-state index in [1.54, 1.807) is 32.7 Å². The van der Waals surface area contributed by atoms with Gasteiger partial charge in [-0.25, -0.2) is 18.6 Å². The highest BCUT2D eigenvalue weighted by Crippen LogP contribution is 2.31. The molecule has 1 aromatic carbocycles. The minimum absolute atomic E-state index is 0.0248. The van der Waals surface area contributed by atoms with E-state index in [2.05, 4.69) is 20.2 Å². The van der Waals surface area contributed by atoms with Gasteiger partial charge in [0.2, 0.25) is 17.7 Å². The Morgan fingerprint density at radius 1 is 1.15 bits per heavy atom. The fourth-order valence-electron chi connectivity index (χ4n) is 5.61. The van der Waals surface area contributed by atoms with E-state index in [0.717, 1.165) is 16.7 Å². The highest BCUT2D eigenvalue weighted by atomic mass is 35.5. The zero-order valence-corrected chi connectivity index (χ0v) is 22.9. The number of amides is 1. The highest BCUT2D eigenvalue weighted by molar-refractivity contribution is 6.31. The topological polar surface area (TPSA) is 113 Å². The average Bonchev–Trinajstić information content (AvgIpc) is 3.56. The molecule has 0 spiro atoms. The van der Waals surface area contributed by atoms with Crippen LogP contribution in [0, 0.1) is 0 Å². The van der Waals surface area contributed by atoms with Crippen molar-refractivity contribution in [3.63, 3.8) is 0 Å². The summed E-state index contributed by atoms with van der Waals surface area (Å²) >= 11 is 6.39. The number of hydrogen-bond donors (Lipinski definition) is 1. The van der Waals surface area contributed by atoms with Crippen molar-refractivity contribution >= 4 is 34.2 Å². The first-order valence-electron chi connectivity index (χ1n) is 13.5. The number of carbonyl (C=O) groups excluding carboxylic acids is 1. The number of benzene rings is 1. The number of alkyl halides is 2. The Morgan fingerprint density at radius 2 is 1.95 bits per heavy atom. The molecule has 0 bridgehead atoms. The Labute approximate surface area is 238 Å². The van der Waals surface area contributed by atoms with Gasteiger partial charge in [0, 0.05) is 49.0 Å². The number of aromatic nitrogens is 5. The molecule has 0 saturated carbocycles. The van der Waals surface area contributed by atoms with Crippen molar-refractivity contribution in [1.82, 2.24) is 34.5 Å². The molecule has 2 aliphatic heterocycles. The number of H-pyrrole nitrogens is 1. The van der Waals surface area contributed by atoms with Gasteiger partial charge in [-0.2, -0.15) is 0 Å². The Morgan fingerprint density at radius 3 is 2.71 bits per heavy atom. The van der Waals surface area contributed by atoms with Crippen molar-refractivity contribution in [3.8, 4) is 11.5 Å². The van der Waals surface area contributed by atoms with Crippen LogP contribution in [0.3, 0.4) is 0 Å². The van der Waals surface area contributed by atoms with Gasteiger partial charge >= 0.3 is 5.69 Å². The molecule has 3 aromatic heterocycles. The average molecular weight is 584 g/mol. The lowest BCUT2D eigenvalue weighted by atomic mass is 9.97. The van der Waals surface area contributed by atoms with Gasteiger partial charge in [-0.3, -0.25) is 19.2 Å². The first-order chi connectivity index (χ1) is 19.8. The molecule has 0 aliphatic carbocycles. The van der Waals surface area contributed by atoms with Crippen LogP contribution in [-0.2, 0) is 11.2 Å². The number of aromatic amines is 1. The molecule has 41 heavy (non-hydrogen) atoms. The molecular weight excluding hydrogens is 556 g/mol. The van der Waals surface area contributed by atoms with Gasteiger partial charge in [0.15, 0.2) is 5.65 Å². The van der Waals surface area contributed by atoms with E-state index in [0.29, 0.717) is 61.7 Å². The Bertz CT molecular complexity index is 1660. The third-order valence-corrected chi connectivity index (χ3v) is 7.86. The number of piperidine rings is 1. The van der Waals surface area contributed by atoms with Gasteiger partial charge in [-0.1, -0.05) is 17.7 Å². The second kappa shape index (κ2) is 11.5. The fraction of sp³-hybridized carbons (Fsp3) is 0.393. The van der Waals surface area contributed by atoms with Crippen molar-refractivity contribution in [2.24, 2.45) is 0 Å². The largest absolute Gasteiger partial charge is 0.420 e. The predicted molar refractivity (Wildman–Crippen MR) is 149 cm³/mol. The van der Waals surface area contributed by atoms with Crippen molar-refractivity contribution in [1.29, 1.82) is 0 Å². The van der Waals surface area contributed by atoms with Gasteiger partial charge in [0.25, 0.3) is 6.43 Å². The maximum atomic E-state index is 13.0. The van der Waals surface area contributed by atoms with Crippen molar-refractivity contribution in [3.05, 3.63) is 69.6 Å². The van der Waals surface area contributed by atoms with E-state index in [1.807, 2.05) is 24.3 Å². The van der Waals surface area contributed by atoms with E-state index < -0.39 is 6.43 Å². The van der Waals surface area contributed by atoms with Gasteiger partial charge in [0.05, 0.1) is 12.1 Å². The third kappa shape index (κ3) is 5.94. The summed E-state index contributed by atoms with van der Waals surface area (Å²) in [5.41, 5.74) is 3.63. The number of nitrogens with one attached hydrogen (secondary N) is 1. The Hall–Kier alpha value is -3.90. The van der Waals surface area contributed by atoms with Crippen LogP contribution in [-0.4, -0.2) is 79.6 Å². The number of rotatable bonds is 7. The lowest BCUT2D eigenvalue weighted by Crippen LogP contribution is -2.41. The Kier molecular flexibility index (Phi) is 7.67. The minimum atomic E-state index is -2.36. The van der Waals surface area contributed by atoms with Gasteiger partial charge < -0.3 is 9.32 Å². The summed E-state index contributed by atoms with van der Waals surface area (Å²) in [4.78, 5) is 36.0. The molecule has 6 rings (SSSR count). The van der Waals surface area contributed by atoms with Crippen LogP contribution in [0.2, 0.25) is 5.02 Å². The summed E-state index contributed by atoms with van der Waals surface area (Å²) in [6.07, 6.45) is 3.09. The fourth-order valence-corrected chi connectivity index (χ4v) is 5.85. The number of imidazole rings is 1. The number of likely N-dealkylation sites (tertiary alicyclic amines) is 1. The highest BCUT2D eigenvalue weighted by Gasteiger charge is 2.27. The van der Waals surface area contributed by atoms with Crippen molar-refractivity contribution in [2.45, 2.75) is 38.2 Å². The third-order valence-electron chi connectivity index (χ3n) is 7.65. The summed E-state index contributed by atoms with van der Waals surface area (Å²) in [7, 11) is 0. The number of carbonyl (C=O) groups is 1. The van der Waals surface area contributed by atoms with Crippen LogP contribution in [0.15, 0.2) is 51.8 Å². The molecule has 1 fully saturated rings. The lowest BCUT2D eigenvalue weighted by molar-refractivity contribution is -0.132. The molecule has 1 saturated heterocycles. The summed E-state index contributed by atoms with van der Waals surface area (Å²) < 4.78 is 33.0. The molecule has 5 heterocycles. The first-order valence-corrected chi connectivity index (χ1v) is 13.9. The maximum Gasteiger partial charge on any atom is 0.327 e. The predicted octanol–water partition coefficient (Wildman–Crippen LogP) is 4.19. The Balaban J connectivity index is 1.09. The molecule has 0 unspecified atom stereocenters. The van der Waals surface area contributed by atoms with E-state index in [1.165, 1.54) is 0 Å². The zero-order chi connectivity index (χ0) is 28.5. The normalized spacial score (nSPS) is 17.0. The molecule has 1 amide bonds. The molecule has 0 radical (unpaired) electrons. The number of fused-ring (bicyclic) bond motifs is 1. The molecule has 13 heteroatoms. The van der Waals surface area contributed by atoms with Crippen LogP contribution in [0.4, 0.5) is 8.78 Å². The van der Waals surface area contributed by atoms with Gasteiger partial charge in [-0.15, -0.1) is 10.2 Å². The summed E-state index contributed by atoms with van der Waals surface area (Å²) in [6, 6.07) is 9.06. The standard InChI is InChI=1S/C28H28ClF2N7O3/c29-20-13-18(17-3-8-36(9-4-17)16-23(30)31)12-19(14-20)27-35-34-24(41-27)15-25(39)37-10-5-21(6-11-37)38-22-2-1-7-32-26(22)33-28(38)40/h1-3,7,12-14,21,23H,4-6,8-11,15-16H2,(H,32,33,40). The molecule has 10 nitrogen and oxygen atoms in total. The molecule has 0 atom stereocenters. The maximum absolute atomic E-state index is 13.0. The summed E-state index contributed by atoms with van der Waals surface area (Å²) in [5, 5.41) is 8.70. The van der Waals surface area contributed by atoms with Gasteiger partial charge in [-0.05, 0) is 60.7 Å². The van der Waals surface area contributed by atoms with E-state index in [9.17, 15) is 18.4 Å². The summed E-state index contributed by atoms with van der Waals surface area (Å²) in [5.74, 6) is 0.324. The van der Waals surface area contributed by atoms with Crippen molar-refractivity contribution in [2.75, 3.05) is 32.7 Å². The molecule has 1 N–H and O–H groups in total. The minimum Gasteiger partial charge on any atom is -0.420 e. The molecule has 4 aromatic rings. The van der Waals surface area contributed by atoms with E-state index in [-0.39, 0.29) is 42.4 Å². The second-order valence-corrected chi connectivity index (χ2v) is 10.8. The van der Waals surface area contributed by atoms with Crippen molar-refractivity contribution < 1.29 is 18.0 Å². The van der Waals surface area contributed by atoms with Crippen LogP contribution in [0.5, 0.6) is 0 Å². The van der Waals surface area contributed by atoms with Crippen LogP contribution < -0.4 is 5.69 Å². The molecular formula is C28H28ClF2N7O3. The SMILES string of the molecule is O=C(Cc1nnc(-c2cc(Cl)cc(C3=CCN(CC(F)F)CC3)c2)o1)N1CCC(n2c(=O)[nH]c3ncccc32)CC1. The first kappa shape index (κ1) is 27.3. The monoisotopic (exact) mass is 583 g/mol. The number of hydrogen-bond acceptors (Lipinski definition) is 7. The number of pyridine rings is 1. The summed E-state index contributed by atoms with van der Waals surface area (Å²) in [6.45, 7) is 1.75. The zero-order valence-electron chi connectivity index (χ0n) is 22.1. The lowest BCUT2D eigenvalue weighted by Gasteiger charge is -2.32. The smallest absolute Gasteiger partial charge is 0.327 e. The van der Waals surface area contributed by atoms with Crippen LogP contribution >= 0.6 is 11.6 Å². The molecule has 214 valence electrons. The number of halogens is 3. The van der Waals surface area contributed by atoms with E-state index in [4.69, 9.17) is 16.0 Å².